The van der Waals surface area contributed by atoms with Crippen LogP contribution in [0.3, 0.4) is 0 Å². The number of hydrogen-bond donors (Lipinski definition) is 0. The zero-order valence-corrected chi connectivity index (χ0v) is 9.52. The zero-order chi connectivity index (χ0) is 12.2. The number of rotatable bonds is 0. The first-order valence-electron chi connectivity index (χ1n) is 5.32. The molecule has 84 valence electrons. The zero-order valence-electron chi connectivity index (χ0n) is 9.52. The minimum Gasteiger partial charge on any atom is -0.276 e. The lowest BCUT2D eigenvalue weighted by atomic mass is 10.0. The van der Waals surface area contributed by atoms with Gasteiger partial charge in [-0.15, -0.1) is 0 Å². The van der Waals surface area contributed by atoms with E-state index in [4.69, 9.17) is 0 Å². The quantitative estimate of drug-likeness (QED) is 0.643. The molecule has 3 rings (SSSR count). The van der Waals surface area contributed by atoms with E-state index < -0.39 is 0 Å². The van der Waals surface area contributed by atoms with Gasteiger partial charge in [0.05, 0.1) is 5.56 Å². The topological polar surface area (TPSA) is 50.3 Å². The third kappa shape index (κ3) is 1.15. The van der Waals surface area contributed by atoms with Crippen LogP contribution >= 0.6 is 0 Å². The molecule has 2 heterocycles. The fraction of sp³-hybridized carbons (Fsp3) is 0.154. The summed E-state index contributed by atoms with van der Waals surface area (Å²) in [6.07, 6.45) is 1.66. The standard InChI is InChI=1S/C13H10N2O2/c1-7-4-3-5-8-9(7)6-14-11-10(8)12(16)15(2)13(11)17/h3-6H,1-2H3. The molecule has 0 bridgehead atoms. The number of amides is 2. The first-order chi connectivity index (χ1) is 8.11. The number of carbonyl (C=O) groups is 2. The van der Waals surface area contributed by atoms with Gasteiger partial charge in [-0.25, -0.2) is 4.98 Å². The van der Waals surface area contributed by atoms with Gasteiger partial charge in [-0.3, -0.25) is 14.5 Å². The smallest absolute Gasteiger partial charge is 0.276 e. The molecule has 0 spiro atoms. The summed E-state index contributed by atoms with van der Waals surface area (Å²) in [4.78, 5) is 29.0. The van der Waals surface area contributed by atoms with E-state index in [-0.39, 0.29) is 17.5 Å². The van der Waals surface area contributed by atoms with Crippen LogP contribution in [0.5, 0.6) is 0 Å². The van der Waals surface area contributed by atoms with Crippen LogP contribution in [0, 0.1) is 6.92 Å². The second-order valence-corrected chi connectivity index (χ2v) is 4.19. The van der Waals surface area contributed by atoms with Crippen molar-refractivity contribution < 1.29 is 9.59 Å². The largest absolute Gasteiger partial charge is 0.279 e. The van der Waals surface area contributed by atoms with Crippen LogP contribution in [0.4, 0.5) is 0 Å². The second-order valence-electron chi connectivity index (χ2n) is 4.19. The molecule has 0 saturated carbocycles. The molecule has 0 radical (unpaired) electrons. The molecule has 1 aromatic carbocycles. The van der Waals surface area contributed by atoms with Crippen molar-refractivity contribution in [2.75, 3.05) is 7.05 Å². The molecule has 2 amide bonds. The number of aromatic nitrogens is 1. The van der Waals surface area contributed by atoms with Gasteiger partial charge in [0.15, 0.2) is 0 Å². The molecule has 0 atom stereocenters. The Bertz CT molecular complexity index is 676. The number of aryl methyl sites for hydroxylation is 1. The number of hydrogen-bond acceptors (Lipinski definition) is 3. The Morgan fingerprint density at radius 2 is 1.88 bits per heavy atom. The van der Waals surface area contributed by atoms with Gasteiger partial charge in [-0.2, -0.15) is 0 Å². The first-order valence-corrected chi connectivity index (χ1v) is 5.32. The minimum absolute atomic E-state index is 0.260. The SMILES string of the molecule is Cc1cccc2c3c(ncc12)C(=O)N(C)C3=O. The number of imide groups is 1. The van der Waals surface area contributed by atoms with Crippen molar-refractivity contribution in [2.24, 2.45) is 0 Å². The highest BCUT2D eigenvalue weighted by molar-refractivity contribution is 6.25. The Morgan fingerprint density at radius 1 is 1.12 bits per heavy atom. The average Bonchev–Trinajstić information content (AvgIpc) is 2.55. The summed E-state index contributed by atoms with van der Waals surface area (Å²) in [6.45, 7) is 1.96. The molecule has 17 heavy (non-hydrogen) atoms. The van der Waals surface area contributed by atoms with Gasteiger partial charge in [-0.1, -0.05) is 18.2 Å². The van der Waals surface area contributed by atoms with E-state index >= 15 is 0 Å². The van der Waals surface area contributed by atoms with Crippen molar-refractivity contribution in [1.82, 2.24) is 9.88 Å². The van der Waals surface area contributed by atoms with Crippen LogP contribution in [0.15, 0.2) is 24.4 Å². The molecule has 0 aliphatic carbocycles. The third-order valence-corrected chi connectivity index (χ3v) is 3.18. The molecule has 0 N–H and O–H groups in total. The maximum absolute atomic E-state index is 12.0. The molecule has 4 nitrogen and oxygen atoms in total. The normalized spacial score (nSPS) is 14.6. The molecular formula is C13H10N2O2. The van der Waals surface area contributed by atoms with E-state index in [1.165, 1.54) is 7.05 Å². The summed E-state index contributed by atoms with van der Waals surface area (Å²) in [5.74, 6) is -0.595. The highest BCUT2D eigenvalue weighted by atomic mass is 16.2. The van der Waals surface area contributed by atoms with Crippen LogP contribution in [-0.4, -0.2) is 28.7 Å². The maximum Gasteiger partial charge on any atom is 0.279 e. The number of nitrogens with zero attached hydrogens (tertiary/aromatic N) is 2. The lowest BCUT2D eigenvalue weighted by molar-refractivity contribution is 0.0692. The molecule has 1 aliphatic heterocycles. The lowest BCUT2D eigenvalue weighted by Crippen LogP contribution is -2.24. The van der Waals surface area contributed by atoms with Crippen molar-refractivity contribution in [1.29, 1.82) is 0 Å². The van der Waals surface area contributed by atoms with Crippen LogP contribution in [0.2, 0.25) is 0 Å². The Balaban J connectivity index is 2.47. The Labute approximate surface area is 97.9 Å². The highest BCUT2D eigenvalue weighted by Crippen LogP contribution is 2.28. The highest BCUT2D eigenvalue weighted by Gasteiger charge is 2.35. The van der Waals surface area contributed by atoms with E-state index in [0.29, 0.717) is 5.56 Å². The molecule has 0 unspecified atom stereocenters. The van der Waals surface area contributed by atoms with Gasteiger partial charge in [0, 0.05) is 18.6 Å². The number of pyridine rings is 1. The van der Waals surface area contributed by atoms with Crippen LogP contribution in [0.25, 0.3) is 10.8 Å². The van der Waals surface area contributed by atoms with Crippen molar-refractivity contribution >= 4 is 22.6 Å². The average molecular weight is 226 g/mol. The monoisotopic (exact) mass is 226 g/mol. The lowest BCUT2D eigenvalue weighted by Gasteiger charge is -2.04. The van der Waals surface area contributed by atoms with E-state index in [1.807, 2.05) is 25.1 Å². The van der Waals surface area contributed by atoms with Crippen LogP contribution < -0.4 is 0 Å². The summed E-state index contributed by atoms with van der Waals surface area (Å²) < 4.78 is 0. The maximum atomic E-state index is 12.0. The minimum atomic E-state index is -0.326. The van der Waals surface area contributed by atoms with Gasteiger partial charge >= 0.3 is 0 Å². The van der Waals surface area contributed by atoms with E-state index in [0.717, 1.165) is 21.2 Å². The van der Waals surface area contributed by atoms with Gasteiger partial charge in [0.2, 0.25) is 0 Å². The Kier molecular flexibility index (Phi) is 1.84. The predicted octanol–water partition coefficient (Wildman–Crippen LogP) is 1.77. The summed E-state index contributed by atoms with van der Waals surface area (Å²) in [5, 5.41) is 1.72. The molecule has 4 heteroatoms. The molecule has 0 saturated heterocycles. The fourth-order valence-electron chi connectivity index (χ4n) is 2.19. The van der Waals surface area contributed by atoms with Gasteiger partial charge < -0.3 is 0 Å². The number of carbonyl (C=O) groups excluding carboxylic acids is 2. The third-order valence-electron chi connectivity index (χ3n) is 3.18. The van der Waals surface area contributed by atoms with Gasteiger partial charge in [0.25, 0.3) is 11.8 Å². The van der Waals surface area contributed by atoms with Crippen molar-refractivity contribution in [3.8, 4) is 0 Å². The van der Waals surface area contributed by atoms with E-state index in [9.17, 15) is 9.59 Å². The summed E-state index contributed by atoms with van der Waals surface area (Å²) in [7, 11) is 1.48. The Hall–Kier alpha value is -2.23. The van der Waals surface area contributed by atoms with Crippen LogP contribution in [-0.2, 0) is 0 Å². The molecular weight excluding hydrogens is 216 g/mol. The van der Waals surface area contributed by atoms with Crippen molar-refractivity contribution in [2.45, 2.75) is 6.92 Å². The molecule has 2 aromatic rings. The van der Waals surface area contributed by atoms with E-state index in [1.54, 1.807) is 6.20 Å². The van der Waals surface area contributed by atoms with E-state index in [2.05, 4.69) is 4.98 Å². The fourth-order valence-corrected chi connectivity index (χ4v) is 2.19. The molecule has 0 fully saturated rings. The second kappa shape index (κ2) is 3.13. The van der Waals surface area contributed by atoms with Crippen molar-refractivity contribution in [3.63, 3.8) is 0 Å². The van der Waals surface area contributed by atoms with Gasteiger partial charge in [-0.05, 0) is 17.9 Å². The first kappa shape index (κ1) is 9.96. The van der Waals surface area contributed by atoms with Gasteiger partial charge in [0.1, 0.15) is 5.69 Å². The predicted molar refractivity (Wildman–Crippen MR) is 62.9 cm³/mol. The van der Waals surface area contributed by atoms with Crippen molar-refractivity contribution in [3.05, 3.63) is 41.2 Å². The summed E-state index contributed by atoms with van der Waals surface area (Å²) in [6, 6.07) is 5.70. The summed E-state index contributed by atoms with van der Waals surface area (Å²) >= 11 is 0. The number of benzene rings is 1. The molecule has 1 aliphatic rings. The summed E-state index contributed by atoms with van der Waals surface area (Å²) in [5.41, 5.74) is 1.74. The molecule has 1 aromatic heterocycles. The van der Waals surface area contributed by atoms with Crippen LogP contribution in [0.1, 0.15) is 26.4 Å². The number of fused-ring (bicyclic) bond motifs is 3. The Morgan fingerprint density at radius 3 is 2.65 bits per heavy atom.